The number of thiophene rings is 1. The predicted octanol–water partition coefficient (Wildman–Crippen LogP) is 3.30. The maximum absolute atomic E-state index is 12.8. The normalized spacial score (nSPS) is 17.4. The van der Waals surface area contributed by atoms with Crippen LogP contribution in [0.15, 0.2) is 29.8 Å². The monoisotopic (exact) mass is 302 g/mol. The molecule has 3 heterocycles. The molecule has 1 aliphatic rings. The topological polar surface area (TPSA) is 42.4 Å². The van der Waals surface area contributed by atoms with Crippen LogP contribution in [0.1, 0.15) is 40.7 Å². The Bertz CT molecular complexity index is 653. The molecule has 1 aliphatic heterocycles. The van der Waals surface area contributed by atoms with Gasteiger partial charge in [0.2, 0.25) is 5.88 Å². The highest BCUT2D eigenvalue weighted by molar-refractivity contribution is 7.10. The van der Waals surface area contributed by atoms with Crippen LogP contribution in [0.2, 0.25) is 0 Å². The molecule has 5 heteroatoms. The minimum Gasteiger partial charge on any atom is -0.477 e. The van der Waals surface area contributed by atoms with Gasteiger partial charge >= 0.3 is 0 Å². The van der Waals surface area contributed by atoms with E-state index in [-0.39, 0.29) is 11.9 Å². The van der Waals surface area contributed by atoms with Gasteiger partial charge in [0, 0.05) is 17.6 Å². The van der Waals surface area contributed by atoms with Crippen molar-refractivity contribution >= 4 is 17.2 Å². The van der Waals surface area contributed by atoms with Gasteiger partial charge in [-0.2, -0.15) is 0 Å². The average Bonchev–Trinajstić information content (AvgIpc) is 2.97. The molecule has 1 unspecified atom stereocenters. The van der Waals surface area contributed by atoms with Gasteiger partial charge in [0.1, 0.15) is 5.56 Å². The van der Waals surface area contributed by atoms with E-state index in [4.69, 9.17) is 4.74 Å². The smallest absolute Gasteiger partial charge is 0.259 e. The summed E-state index contributed by atoms with van der Waals surface area (Å²) in [6.07, 6.45) is 2.58. The fourth-order valence-corrected chi connectivity index (χ4v) is 3.71. The molecule has 0 aromatic carbocycles. The van der Waals surface area contributed by atoms with Crippen LogP contribution in [0.3, 0.4) is 0 Å². The molecule has 0 spiro atoms. The summed E-state index contributed by atoms with van der Waals surface area (Å²) in [5.41, 5.74) is 1.81. The molecule has 4 nitrogen and oxygen atoms in total. The van der Waals surface area contributed by atoms with Gasteiger partial charge in [0.25, 0.3) is 5.91 Å². The zero-order valence-corrected chi connectivity index (χ0v) is 13.0. The van der Waals surface area contributed by atoms with Crippen molar-refractivity contribution in [2.24, 2.45) is 0 Å². The lowest BCUT2D eigenvalue weighted by molar-refractivity contribution is 0.0674. The Morgan fingerprint density at radius 3 is 3.19 bits per heavy atom. The van der Waals surface area contributed by atoms with Gasteiger partial charge in [-0.3, -0.25) is 4.79 Å². The summed E-state index contributed by atoms with van der Waals surface area (Å²) in [5, 5.41) is 2.10. The van der Waals surface area contributed by atoms with Gasteiger partial charge in [-0.1, -0.05) is 0 Å². The second-order valence-corrected chi connectivity index (χ2v) is 6.01. The quantitative estimate of drug-likeness (QED) is 0.873. The van der Waals surface area contributed by atoms with Crippen molar-refractivity contribution in [2.45, 2.75) is 26.3 Å². The van der Waals surface area contributed by atoms with E-state index >= 15 is 0 Å². The van der Waals surface area contributed by atoms with Crippen LogP contribution in [-0.2, 0) is 6.42 Å². The fourth-order valence-electron chi connectivity index (χ4n) is 2.75. The van der Waals surface area contributed by atoms with Crippen LogP contribution >= 0.6 is 11.3 Å². The molecular weight excluding hydrogens is 284 g/mol. The summed E-state index contributed by atoms with van der Waals surface area (Å²) < 4.78 is 5.48. The molecule has 2 aromatic rings. The highest BCUT2D eigenvalue weighted by Crippen LogP contribution is 2.34. The zero-order chi connectivity index (χ0) is 14.8. The lowest BCUT2D eigenvalue weighted by Gasteiger charge is -2.33. The molecule has 21 heavy (non-hydrogen) atoms. The third-order valence-electron chi connectivity index (χ3n) is 3.82. The Morgan fingerprint density at radius 1 is 1.52 bits per heavy atom. The molecule has 0 fully saturated rings. The lowest BCUT2D eigenvalue weighted by Crippen LogP contribution is -2.38. The minimum atomic E-state index is -0.00380. The Balaban J connectivity index is 1.90. The number of amides is 1. The number of nitrogens with zero attached hydrogens (tertiary/aromatic N) is 2. The largest absolute Gasteiger partial charge is 0.477 e. The molecule has 3 rings (SSSR count). The maximum atomic E-state index is 12.8. The summed E-state index contributed by atoms with van der Waals surface area (Å²) >= 11 is 1.77. The Morgan fingerprint density at radius 2 is 2.38 bits per heavy atom. The van der Waals surface area contributed by atoms with Crippen LogP contribution in [0.25, 0.3) is 0 Å². The van der Waals surface area contributed by atoms with Gasteiger partial charge < -0.3 is 9.64 Å². The second kappa shape index (κ2) is 5.85. The molecule has 0 aliphatic carbocycles. The van der Waals surface area contributed by atoms with Crippen molar-refractivity contribution in [3.8, 4) is 5.88 Å². The molecule has 1 amide bonds. The number of ether oxygens (including phenoxy) is 1. The van der Waals surface area contributed by atoms with E-state index in [0.29, 0.717) is 18.1 Å². The van der Waals surface area contributed by atoms with Crippen molar-refractivity contribution in [2.75, 3.05) is 13.2 Å². The number of hydrogen-bond acceptors (Lipinski definition) is 4. The standard InChI is InChI=1S/C16H18N2O2S/c1-3-20-15-13(5-4-8-17-15)16(19)18-9-6-14-12(11(18)2)7-10-21-14/h4-5,7-8,10-11H,3,6,9H2,1-2H3. The van der Waals surface area contributed by atoms with E-state index in [9.17, 15) is 4.79 Å². The first-order valence-electron chi connectivity index (χ1n) is 7.17. The third kappa shape index (κ3) is 2.53. The van der Waals surface area contributed by atoms with Crippen molar-refractivity contribution < 1.29 is 9.53 Å². The number of carbonyl (C=O) groups is 1. The van der Waals surface area contributed by atoms with Crippen LogP contribution in [0.5, 0.6) is 5.88 Å². The molecular formula is C16H18N2O2S. The first-order chi connectivity index (χ1) is 10.2. The first-order valence-corrected chi connectivity index (χ1v) is 8.05. The molecule has 0 N–H and O–H groups in total. The summed E-state index contributed by atoms with van der Waals surface area (Å²) in [6.45, 7) is 5.22. The Hall–Kier alpha value is -1.88. The molecule has 1 atom stereocenters. The van der Waals surface area contributed by atoms with Gasteiger partial charge in [-0.05, 0) is 49.4 Å². The first kappa shape index (κ1) is 14.1. The molecule has 0 saturated heterocycles. The number of fused-ring (bicyclic) bond motifs is 1. The van der Waals surface area contributed by atoms with Gasteiger partial charge in [0.05, 0.1) is 12.6 Å². The van der Waals surface area contributed by atoms with E-state index < -0.39 is 0 Å². The predicted molar refractivity (Wildman–Crippen MR) is 82.9 cm³/mol. The zero-order valence-electron chi connectivity index (χ0n) is 12.2. The van der Waals surface area contributed by atoms with Crippen molar-refractivity contribution in [1.29, 1.82) is 0 Å². The maximum Gasteiger partial charge on any atom is 0.259 e. The molecule has 110 valence electrons. The van der Waals surface area contributed by atoms with E-state index in [0.717, 1.165) is 13.0 Å². The summed E-state index contributed by atoms with van der Waals surface area (Å²) in [4.78, 5) is 20.3. The average molecular weight is 302 g/mol. The van der Waals surface area contributed by atoms with E-state index in [1.54, 1.807) is 29.7 Å². The minimum absolute atomic E-state index is 0.00380. The van der Waals surface area contributed by atoms with E-state index in [1.165, 1.54) is 10.4 Å². The highest BCUT2D eigenvalue weighted by atomic mass is 32.1. The summed E-state index contributed by atoms with van der Waals surface area (Å²) in [7, 11) is 0. The van der Waals surface area contributed by atoms with Crippen molar-refractivity contribution in [3.05, 3.63) is 45.8 Å². The van der Waals surface area contributed by atoms with Crippen molar-refractivity contribution in [1.82, 2.24) is 9.88 Å². The fraction of sp³-hybridized carbons (Fsp3) is 0.375. The number of carbonyl (C=O) groups excluding carboxylic acids is 1. The van der Waals surface area contributed by atoms with Crippen LogP contribution < -0.4 is 4.74 Å². The van der Waals surface area contributed by atoms with Crippen molar-refractivity contribution in [3.63, 3.8) is 0 Å². The van der Waals surface area contributed by atoms with Crippen LogP contribution in [0.4, 0.5) is 0 Å². The molecule has 0 radical (unpaired) electrons. The Labute approximate surface area is 128 Å². The molecule has 2 aromatic heterocycles. The number of hydrogen-bond donors (Lipinski definition) is 0. The van der Waals surface area contributed by atoms with Gasteiger partial charge in [-0.25, -0.2) is 4.98 Å². The molecule has 0 saturated carbocycles. The molecule has 0 bridgehead atoms. The Kier molecular flexibility index (Phi) is 3.92. The third-order valence-corrected chi connectivity index (χ3v) is 4.82. The summed E-state index contributed by atoms with van der Waals surface area (Å²) in [6, 6.07) is 5.79. The SMILES string of the molecule is CCOc1ncccc1C(=O)N1CCc2sccc2C1C. The van der Waals surface area contributed by atoms with E-state index in [1.807, 2.05) is 11.8 Å². The van der Waals surface area contributed by atoms with Gasteiger partial charge in [0.15, 0.2) is 0 Å². The van der Waals surface area contributed by atoms with Gasteiger partial charge in [-0.15, -0.1) is 11.3 Å². The van der Waals surface area contributed by atoms with Crippen LogP contribution in [0, 0.1) is 0 Å². The lowest BCUT2D eigenvalue weighted by atomic mass is 10.0. The second-order valence-electron chi connectivity index (χ2n) is 5.01. The number of rotatable bonds is 3. The number of aromatic nitrogens is 1. The summed E-state index contributed by atoms with van der Waals surface area (Å²) in [5.74, 6) is 0.421. The van der Waals surface area contributed by atoms with Crippen LogP contribution in [-0.4, -0.2) is 28.9 Å². The highest BCUT2D eigenvalue weighted by Gasteiger charge is 2.30. The number of pyridine rings is 1. The van der Waals surface area contributed by atoms with E-state index in [2.05, 4.69) is 23.4 Å².